The van der Waals surface area contributed by atoms with Crippen molar-refractivity contribution in [1.82, 2.24) is 9.97 Å². The van der Waals surface area contributed by atoms with Crippen molar-refractivity contribution in [1.29, 1.82) is 0 Å². The molecule has 1 aromatic carbocycles. The summed E-state index contributed by atoms with van der Waals surface area (Å²) >= 11 is 0. The highest BCUT2D eigenvalue weighted by atomic mass is 19.3. The lowest BCUT2D eigenvalue weighted by molar-refractivity contribution is -0.0498. The number of halogens is 2. The highest BCUT2D eigenvalue weighted by Crippen LogP contribution is 2.16. The van der Waals surface area contributed by atoms with Gasteiger partial charge in [-0.05, 0) is 24.6 Å². The number of benzene rings is 1. The van der Waals surface area contributed by atoms with E-state index in [9.17, 15) is 8.78 Å². The minimum atomic E-state index is -2.81. The first kappa shape index (κ1) is 13.2. The van der Waals surface area contributed by atoms with Crippen molar-refractivity contribution in [3.05, 3.63) is 47.9 Å². The summed E-state index contributed by atoms with van der Waals surface area (Å²) in [6, 6.07) is 8.34. The van der Waals surface area contributed by atoms with Crippen LogP contribution < -0.4 is 10.1 Å². The Bertz CT molecular complexity index is 549. The van der Waals surface area contributed by atoms with Crippen LogP contribution in [0.2, 0.25) is 0 Å². The zero-order valence-corrected chi connectivity index (χ0v) is 10.3. The van der Waals surface area contributed by atoms with Gasteiger partial charge in [-0.1, -0.05) is 12.1 Å². The quantitative estimate of drug-likeness (QED) is 0.902. The number of ether oxygens (including phenoxy) is 1. The Balaban J connectivity index is 1.99. The van der Waals surface area contributed by atoms with Crippen LogP contribution in [0.15, 0.2) is 36.7 Å². The number of anilines is 1. The van der Waals surface area contributed by atoms with Gasteiger partial charge in [0.1, 0.15) is 17.9 Å². The van der Waals surface area contributed by atoms with Crippen molar-refractivity contribution in [3.8, 4) is 5.75 Å². The van der Waals surface area contributed by atoms with Crippen LogP contribution in [0.25, 0.3) is 0 Å². The molecule has 0 amide bonds. The van der Waals surface area contributed by atoms with Gasteiger partial charge in [0.25, 0.3) is 0 Å². The lowest BCUT2D eigenvalue weighted by Gasteiger charge is -2.08. The number of hydrogen-bond acceptors (Lipinski definition) is 4. The second-order valence-electron chi connectivity index (χ2n) is 3.92. The third-order valence-corrected chi connectivity index (χ3v) is 2.40. The zero-order chi connectivity index (χ0) is 13.7. The molecule has 1 heterocycles. The molecule has 0 saturated heterocycles. The average molecular weight is 265 g/mol. The number of aryl methyl sites for hydroxylation is 1. The van der Waals surface area contributed by atoms with E-state index >= 15 is 0 Å². The van der Waals surface area contributed by atoms with Gasteiger partial charge in [0.2, 0.25) is 0 Å². The molecule has 0 aliphatic rings. The van der Waals surface area contributed by atoms with E-state index in [4.69, 9.17) is 0 Å². The molecule has 2 rings (SSSR count). The lowest BCUT2D eigenvalue weighted by atomic mass is 10.2. The smallest absolute Gasteiger partial charge is 0.387 e. The normalized spacial score (nSPS) is 10.5. The Morgan fingerprint density at radius 2 is 2.11 bits per heavy atom. The molecule has 0 saturated carbocycles. The molecule has 6 heteroatoms. The summed E-state index contributed by atoms with van der Waals surface area (Å²) in [5.74, 6) is 0.834. The molecule has 0 spiro atoms. The number of nitrogens with one attached hydrogen (secondary N) is 1. The average Bonchev–Trinajstić information content (AvgIpc) is 2.36. The lowest BCUT2D eigenvalue weighted by Crippen LogP contribution is -2.04. The molecule has 0 bridgehead atoms. The Kier molecular flexibility index (Phi) is 4.22. The van der Waals surface area contributed by atoms with E-state index < -0.39 is 6.61 Å². The van der Waals surface area contributed by atoms with Crippen LogP contribution in [-0.4, -0.2) is 16.6 Å². The fourth-order valence-electron chi connectivity index (χ4n) is 1.58. The monoisotopic (exact) mass is 265 g/mol. The topological polar surface area (TPSA) is 47.0 Å². The van der Waals surface area contributed by atoms with Gasteiger partial charge in [-0.25, -0.2) is 9.97 Å². The Morgan fingerprint density at radius 3 is 2.84 bits per heavy atom. The molecular formula is C13H13F2N3O. The van der Waals surface area contributed by atoms with E-state index in [2.05, 4.69) is 20.0 Å². The van der Waals surface area contributed by atoms with E-state index in [1.54, 1.807) is 18.2 Å². The van der Waals surface area contributed by atoms with Crippen LogP contribution in [0, 0.1) is 6.92 Å². The van der Waals surface area contributed by atoms with Gasteiger partial charge in [0, 0.05) is 18.3 Å². The van der Waals surface area contributed by atoms with Crippen LogP contribution in [0.3, 0.4) is 0 Å². The van der Waals surface area contributed by atoms with E-state index in [0.717, 1.165) is 11.3 Å². The van der Waals surface area contributed by atoms with Gasteiger partial charge in [0.15, 0.2) is 0 Å². The maximum atomic E-state index is 12.1. The van der Waals surface area contributed by atoms with Crippen LogP contribution in [-0.2, 0) is 6.54 Å². The number of hydrogen-bond donors (Lipinski definition) is 1. The van der Waals surface area contributed by atoms with Crippen molar-refractivity contribution in [2.45, 2.75) is 20.1 Å². The molecule has 0 unspecified atom stereocenters. The van der Waals surface area contributed by atoms with Gasteiger partial charge >= 0.3 is 6.61 Å². The molecule has 2 aromatic rings. The summed E-state index contributed by atoms with van der Waals surface area (Å²) in [5, 5.41) is 3.09. The van der Waals surface area contributed by atoms with Crippen LogP contribution >= 0.6 is 0 Å². The zero-order valence-electron chi connectivity index (χ0n) is 10.3. The van der Waals surface area contributed by atoms with Gasteiger partial charge in [0.05, 0.1) is 0 Å². The number of alkyl halides is 2. The first-order valence-corrected chi connectivity index (χ1v) is 5.70. The molecule has 4 nitrogen and oxygen atoms in total. The first-order chi connectivity index (χ1) is 9.13. The van der Waals surface area contributed by atoms with Crippen LogP contribution in [0.4, 0.5) is 14.6 Å². The van der Waals surface area contributed by atoms with Gasteiger partial charge in [-0.2, -0.15) is 8.78 Å². The maximum Gasteiger partial charge on any atom is 0.387 e. The summed E-state index contributed by atoms with van der Waals surface area (Å²) in [6.45, 7) is -0.478. The van der Waals surface area contributed by atoms with E-state index in [0.29, 0.717) is 12.4 Å². The van der Waals surface area contributed by atoms with Gasteiger partial charge in [-0.3, -0.25) is 0 Å². The molecule has 0 aliphatic carbocycles. The second kappa shape index (κ2) is 6.08. The SMILES string of the molecule is Cc1cc(NCc2cccc(OC(F)F)c2)ncn1. The minimum Gasteiger partial charge on any atom is -0.435 e. The van der Waals surface area contributed by atoms with Gasteiger partial charge < -0.3 is 10.1 Å². The molecule has 0 atom stereocenters. The van der Waals surface area contributed by atoms with E-state index in [1.165, 1.54) is 12.4 Å². The molecule has 0 radical (unpaired) electrons. The Labute approximate surface area is 109 Å². The van der Waals surface area contributed by atoms with Crippen molar-refractivity contribution >= 4 is 5.82 Å². The highest BCUT2D eigenvalue weighted by Gasteiger charge is 2.04. The van der Waals surface area contributed by atoms with Crippen molar-refractivity contribution in [2.24, 2.45) is 0 Å². The third kappa shape index (κ3) is 4.17. The van der Waals surface area contributed by atoms with E-state index in [1.807, 2.05) is 13.0 Å². The highest BCUT2D eigenvalue weighted by molar-refractivity contribution is 5.37. The van der Waals surface area contributed by atoms with Crippen molar-refractivity contribution in [2.75, 3.05) is 5.32 Å². The largest absolute Gasteiger partial charge is 0.435 e. The number of nitrogens with zero attached hydrogens (tertiary/aromatic N) is 2. The Hall–Kier alpha value is -2.24. The summed E-state index contributed by atoms with van der Waals surface area (Å²) in [7, 11) is 0. The molecule has 19 heavy (non-hydrogen) atoms. The Morgan fingerprint density at radius 1 is 1.26 bits per heavy atom. The van der Waals surface area contributed by atoms with E-state index in [-0.39, 0.29) is 5.75 Å². The second-order valence-corrected chi connectivity index (χ2v) is 3.92. The predicted octanol–water partition coefficient (Wildman–Crippen LogP) is 3.00. The first-order valence-electron chi connectivity index (χ1n) is 5.70. The third-order valence-electron chi connectivity index (χ3n) is 2.40. The van der Waals surface area contributed by atoms with Crippen LogP contribution in [0.5, 0.6) is 5.75 Å². The van der Waals surface area contributed by atoms with Crippen molar-refractivity contribution in [3.63, 3.8) is 0 Å². The summed E-state index contributed by atoms with van der Waals surface area (Å²) in [6.07, 6.45) is 1.47. The molecule has 0 fully saturated rings. The standard InChI is InChI=1S/C13H13F2N3O/c1-9-5-12(18-8-17-9)16-7-10-3-2-4-11(6-10)19-13(14)15/h2-6,8,13H,7H2,1H3,(H,16,17,18). The van der Waals surface area contributed by atoms with Crippen LogP contribution in [0.1, 0.15) is 11.3 Å². The summed E-state index contributed by atoms with van der Waals surface area (Å²) < 4.78 is 28.5. The summed E-state index contributed by atoms with van der Waals surface area (Å²) in [4.78, 5) is 8.04. The molecule has 1 aromatic heterocycles. The number of rotatable bonds is 5. The summed E-state index contributed by atoms with van der Waals surface area (Å²) in [5.41, 5.74) is 1.68. The molecule has 100 valence electrons. The fraction of sp³-hybridized carbons (Fsp3) is 0.231. The van der Waals surface area contributed by atoms with Crippen molar-refractivity contribution < 1.29 is 13.5 Å². The fourth-order valence-corrected chi connectivity index (χ4v) is 1.58. The maximum absolute atomic E-state index is 12.1. The molecule has 0 aliphatic heterocycles. The molecular weight excluding hydrogens is 252 g/mol. The minimum absolute atomic E-state index is 0.146. The van der Waals surface area contributed by atoms with Gasteiger partial charge in [-0.15, -0.1) is 0 Å². The molecule has 1 N–H and O–H groups in total. The predicted molar refractivity (Wildman–Crippen MR) is 67.2 cm³/mol. The number of aromatic nitrogens is 2.